The Morgan fingerprint density at radius 1 is 1.09 bits per heavy atom. The number of hydrogen-bond acceptors (Lipinski definition) is 5. The molecule has 0 fully saturated rings. The number of carbonyl (C=O) groups is 2. The van der Waals surface area contributed by atoms with Crippen molar-refractivity contribution in [2.45, 2.75) is 52.7 Å². The normalized spacial score (nSPS) is 11.2. The van der Waals surface area contributed by atoms with Gasteiger partial charge in [-0.1, -0.05) is 31.5 Å². The Kier molecular flexibility index (Phi) is 6.98. The number of ether oxygens (including phenoxy) is 2. The third-order valence-corrected chi connectivity index (χ3v) is 5.10. The number of hydrogen-bond donors (Lipinski definition) is 1. The van der Waals surface area contributed by atoms with Crippen LogP contribution in [0.4, 0.5) is 0 Å². The number of carboxylic acids is 1. The average molecular weight is 437 g/mol. The van der Waals surface area contributed by atoms with Gasteiger partial charge in [0.05, 0.1) is 16.9 Å². The van der Waals surface area contributed by atoms with Gasteiger partial charge in [-0.15, -0.1) is 0 Å². The molecule has 0 atom stereocenters. The summed E-state index contributed by atoms with van der Waals surface area (Å²) in [6.07, 6.45) is 3.65. The number of aromatic nitrogens is 2. The Bertz CT molecular complexity index is 1100. The van der Waals surface area contributed by atoms with Crippen LogP contribution in [0.1, 0.15) is 54.4 Å². The molecule has 0 aliphatic carbocycles. The third kappa shape index (κ3) is 5.17. The van der Waals surface area contributed by atoms with E-state index in [1.807, 2.05) is 29.8 Å². The first kappa shape index (κ1) is 23.1. The first-order valence-electron chi connectivity index (χ1n) is 10.5. The lowest BCUT2D eigenvalue weighted by Gasteiger charge is -2.21. The van der Waals surface area contributed by atoms with Gasteiger partial charge in [-0.3, -0.25) is 0 Å². The van der Waals surface area contributed by atoms with Gasteiger partial charge < -0.3 is 14.6 Å². The van der Waals surface area contributed by atoms with E-state index in [2.05, 4.69) is 18.1 Å². The van der Waals surface area contributed by atoms with Crippen molar-refractivity contribution in [2.75, 3.05) is 0 Å². The standard InChI is InChI=1S/C25H28N2O5/c1-5-7-18-9-6-8-17(2)22(18)27-20(14-15-26-27)16-31-23(28)19-10-12-21(13-11-19)32-25(3,4)24(29)30/h6,8-15H,5,7,16H2,1-4H3,(H,29,30). The maximum Gasteiger partial charge on any atom is 0.347 e. The van der Waals surface area contributed by atoms with Crippen LogP contribution in [-0.2, 0) is 22.6 Å². The van der Waals surface area contributed by atoms with Crippen LogP contribution in [0.3, 0.4) is 0 Å². The lowest BCUT2D eigenvalue weighted by atomic mass is 10.0. The van der Waals surface area contributed by atoms with Crippen molar-refractivity contribution in [3.63, 3.8) is 0 Å². The van der Waals surface area contributed by atoms with Gasteiger partial charge in [0, 0.05) is 6.20 Å². The highest BCUT2D eigenvalue weighted by molar-refractivity contribution is 5.89. The fourth-order valence-corrected chi connectivity index (χ4v) is 3.36. The van der Waals surface area contributed by atoms with Crippen LogP contribution >= 0.6 is 0 Å². The van der Waals surface area contributed by atoms with Crippen molar-refractivity contribution in [3.05, 3.63) is 77.1 Å². The molecule has 7 heteroatoms. The van der Waals surface area contributed by atoms with Crippen LogP contribution in [0.5, 0.6) is 5.75 Å². The summed E-state index contributed by atoms with van der Waals surface area (Å²) in [6, 6.07) is 14.2. The van der Waals surface area contributed by atoms with Gasteiger partial charge in [-0.05, 0) is 68.7 Å². The molecule has 1 heterocycles. The highest BCUT2D eigenvalue weighted by atomic mass is 16.5. The van der Waals surface area contributed by atoms with E-state index in [0.717, 1.165) is 29.8 Å². The summed E-state index contributed by atoms with van der Waals surface area (Å²) in [5, 5.41) is 13.6. The minimum Gasteiger partial charge on any atom is -0.478 e. The van der Waals surface area contributed by atoms with Gasteiger partial charge in [0.15, 0.2) is 5.60 Å². The molecule has 3 aromatic rings. The second-order valence-corrected chi connectivity index (χ2v) is 8.09. The molecule has 0 aliphatic heterocycles. The topological polar surface area (TPSA) is 90.7 Å². The summed E-state index contributed by atoms with van der Waals surface area (Å²) in [6.45, 7) is 7.17. The second kappa shape index (κ2) is 9.68. The van der Waals surface area contributed by atoms with Crippen molar-refractivity contribution in [1.29, 1.82) is 0 Å². The summed E-state index contributed by atoms with van der Waals surface area (Å²) in [4.78, 5) is 23.7. The highest BCUT2D eigenvalue weighted by Crippen LogP contribution is 2.23. The number of esters is 1. The largest absolute Gasteiger partial charge is 0.478 e. The molecule has 0 bridgehead atoms. The minimum atomic E-state index is -1.37. The van der Waals surface area contributed by atoms with Crippen molar-refractivity contribution in [1.82, 2.24) is 9.78 Å². The summed E-state index contributed by atoms with van der Waals surface area (Å²) in [5.74, 6) is -1.20. The van der Waals surface area contributed by atoms with Gasteiger partial charge in [0.25, 0.3) is 0 Å². The zero-order valence-electron chi connectivity index (χ0n) is 18.8. The maximum atomic E-state index is 12.5. The Hall–Kier alpha value is -3.61. The number of para-hydroxylation sites is 1. The number of aliphatic carboxylic acids is 1. The van der Waals surface area contributed by atoms with Crippen molar-refractivity contribution in [3.8, 4) is 11.4 Å². The highest BCUT2D eigenvalue weighted by Gasteiger charge is 2.29. The van der Waals surface area contributed by atoms with E-state index >= 15 is 0 Å². The molecule has 0 saturated heterocycles. The molecule has 0 unspecified atom stereocenters. The van der Waals surface area contributed by atoms with Crippen LogP contribution in [0.25, 0.3) is 5.69 Å². The van der Waals surface area contributed by atoms with E-state index in [1.54, 1.807) is 30.5 Å². The molecular weight excluding hydrogens is 408 g/mol. The SMILES string of the molecule is CCCc1cccc(C)c1-n1nccc1COC(=O)c1ccc(OC(C)(C)C(=O)O)cc1. The molecule has 1 N–H and O–H groups in total. The van der Waals surface area contributed by atoms with Crippen LogP contribution in [0.2, 0.25) is 0 Å². The van der Waals surface area contributed by atoms with Crippen LogP contribution in [0.15, 0.2) is 54.7 Å². The Balaban J connectivity index is 1.71. The first-order valence-corrected chi connectivity index (χ1v) is 10.5. The number of nitrogens with zero attached hydrogens (tertiary/aromatic N) is 2. The molecule has 7 nitrogen and oxygen atoms in total. The number of aryl methyl sites for hydroxylation is 2. The Morgan fingerprint density at radius 3 is 2.47 bits per heavy atom. The summed E-state index contributed by atoms with van der Waals surface area (Å²) >= 11 is 0. The summed E-state index contributed by atoms with van der Waals surface area (Å²) in [5.41, 5.74) is 3.07. The molecule has 0 aliphatic rings. The van der Waals surface area contributed by atoms with Gasteiger partial charge in [-0.25, -0.2) is 14.3 Å². The van der Waals surface area contributed by atoms with Crippen LogP contribution in [0, 0.1) is 6.92 Å². The lowest BCUT2D eigenvalue weighted by Crippen LogP contribution is -2.37. The molecule has 3 rings (SSSR count). The smallest absolute Gasteiger partial charge is 0.347 e. The van der Waals surface area contributed by atoms with Gasteiger partial charge >= 0.3 is 11.9 Å². The van der Waals surface area contributed by atoms with Gasteiger partial charge in [0.2, 0.25) is 0 Å². The molecule has 0 amide bonds. The predicted molar refractivity (Wildman–Crippen MR) is 120 cm³/mol. The molecule has 32 heavy (non-hydrogen) atoms. The summed E-state index contributed by atoms with van der Waals surface area (Å²) in [7, 11) is 0. The Morgan fingerprint density at radius 2 is 1.81 bits per heavy atom. The lowest BCUT2D eigenvalue weighted by molar-refractivity contribution is -0.152. The average Bonchev–Trinajstić information content (AvgIpc) is 3.20. The van der Waals surface area contributed by atoms with E-state index < -0.39 is 17.5 Å². The number of rotatable bonds is 9. The van der Waals surface area contributed by atoms with Gasteiger partial charge in [0.1, 0.15) is 12.4 Å². The fourth-order valence-electron chi connectivity index (χ4n) is 3.36. The zero-order valence-corrected chi connectivity index (χ0v) is 18.8. The van der Waals surface area contributed by atoms with E-state index in [9.17, 15) is 9.59 Å². The van der Waals surface area contributed by atoms with Crippen molar-refractivity contribution < 1.29 is 24.2 Å². The quantitative estimate of drug-likeness (QED) is 0.488. The van der Waals surface area contributed by atoms with Crippen LogP contribution in [-0.4, -0.2) is 32.4 Å². The predicted octanol–water partition coefficient (Wildman–Crippen LogP) is 4.73. The molecule has 2 aromatic carbocycles. The maximum absolute atomic E-state index is 12.5. The van der Waals surface area contributed by atoms with E-state index in [4.69, 9.17) is 14.6 Å². The summed E-state index contributed by atoms with van der Waals surface area (Å²) < 4.78 is 12.8. The van der Waals surface area contributed by atoms with E-state index in [0.29, 0.717) is 11.3 Å². The zero-order chi connectivity index (χ0) is 23.3. The van der Waals surface area contributed by atoms with Gasteiger partial charge in [-0.2, -0.15) is 5.10 Å². The molecular formula is C25H28N2O5. The first-order chi connectivity index (χ1) is 15.2. The molecule has 0 radical (unpaired) electrons. The monoisotopic (exact) mass is 436 g/mol. The number of carbonyl (C=O) groups excluding carboxylic acids is 1. The molecule has 1 aromatic heterocycles. The molecule has 168 valence electrons. The van der Waals surface area contributed by atoms with E-state index in [1.165, 1.54) is 19.4 Å². The number of carboxylic acid groups (broad SMARTS) is 1. The Labute approximate surface area is 187 Å². The molecule has 0 saturated carbocycles. The van der Waals surface area contributed by atoms with E-state index in [-0.39, 0.29) is 6.61 Å². The van der Waals surface area contributed by atoms with Crippen LogP contribution < -0.4 is 4.74 Å². The minimum absolute atomic E-state index is 0.0724. The third-order valence-electron chi connectivity index (χ3n) is 5.10. The van der Waals surface area contributed by atoms with Crippen molar-refractivity contribution in [2.24, 2.45) is 0 Å². The number of benzene rings is 2. The second-order valence-electron chi connectivity index (χ2n) is 8.09. The molecule has 0 spiro atoms. The van der Waals surface area contributed by atoms with Crippen molar-refractivity contribution >= 4 is 11.9 Å². The fraction of sp³-hybridized carbons (Fsp3) is 0.320.